The minimum absolute atomic E-state index is 0.0430. The first kappa shape index (κ1) is 13.0. The van der Waals surface area contributed by atoms with Crippen LogP contribution in [-0.2, 0) is 0 Å². The number of fused-ring (bicyclic) bond motifs is 6. The van der Waals surface area contributed by atoms with Crippen LogP contribution in [0.1, 0.15) is 27.7 Å². The van der Waals surface area contributed by atoms with E-state index in [4.69, 9.17) is 0 Å². The molecule has 2 aliphatic rings. The van der Waals surface area contributed by atoms with Gasteiger partial charge in [0, 0.05) is 22.3 Å². The molecule has 0 aliphatic carbocycles. The lowest BCUT2D eigenvalue weighted by molar-refractivity contribution is 0.318. The predicted molar refractivity (Wildman–Crippen MR) is 91.0 cm³/mol. The van der Waals surface area contributed by atoms with Gasteiger partial charge in [-0.3, -0.25) is 0 Å². The molecule has 0 bridgehead atoms. The summed E-state index contributed by atoms with van der Waals surface area (Å²) >= 11 is 0. The molecule has 0 atom stereocenters. The van der Waals surface area contributed by atoms with Crippen molar-refractivity contribution in [2.45, 2.75) is 38.8 Å². The normalized spacial score (nSPS) is 20.8. The van der Waals surface area contributed by atoms with Gasteiger partial charge in [-0.2, -0.15) is 0 Å². The minimum Gasteiger partial charge on any atom is -0.390 e. The van der Waals surface area contributed by atoms with Gasteiger partial charge in [0.05, 0.1) is 0 Å². The number of hydrogen-bond donors (Lipinski definition) is 1. The van der Waals surface area contributed by atoms with Gasteiger partial charge in [0.1, 0.15) is 0 Å². The molecule has 1 fully saturated rings. The zero-order chi connectivity index (χ0) is 14.8. The molecule has 0 radical (unpaired) electrons. The quantitative estimate of drug-likeness (QED) is 0.744. The van der Waals surface area contributed by atoms with E-state index >= 15 is 0 Å². The fourth-order valence-electron chi connectivity index (χ4n) is 3.76. The molecule has 2 nitrogen and oxygen atoms in total. The number of nitrogens with one attached hydrogen (secondary N) is 1. The maximum Gasteiger partial charge on any atom is 0.377 e. The van der Waals surface area contributed by atoms with Gasteiger partial charge in [0.15, 0.2) is 0 Å². The largest absolute Gasteiger partial charge is 0.390 e. The monoisotopic (exact) mass is 276 g/mol. The summed E-state index contributed by atoms with van der Waals surface area (Å²) in [5, 5.41) is 3.85. The Morgan fingerprint density at radius 3 is 2.24 bits per heavy atom. The maximum atomic E-state index is 3.85. The summed E-state index contributed by atoms with van der Waals surface area (Å²) in [6, 6.07) is 17.6. The average molecular weight is 276 g/mol. The zero-order valence-corrected chi connectivity index (χ0v) is 13.1. The molecular formula is C18H21BN2. The van der Waals surface area contributed by atoms with Crippen LogP contribution in [0.5, 0.6) is 0 Å². The number of anilines is 1. The van der Waals surface area contributed by atoms with Crippen LogP contribution in [-0.4, -0.2) is 18.1 Å². The maximum absolute atomic E-state index is 3.85. The molecule has 4 rings (SSSR count). The Hall–Kier alpha value is -1.74. The van der Waals surface area contributed by atoms with Gasteiger partial charge in [-0.15, -0.1) is 0 Å². The third-order valence-corrected chi connectivity index (χ3v) is 5.60. The molecular weight excluding hydrogens is 255 g/mol. The van der Waals surface area contributed by atoms with E-state index in [9.17, 15) is 0 Å². The lowest BCUT2D eigenvalue weighted by Crippen LogP contribution is -2.58. The highest BCUT2D eigenvalue weighted by atomic mass is 15.3. The smallest absolute Gasteiger partial charge is 0.377 e. The SMILES string of the molecule is CC1(C)NB2c3ccccc3-c3ccccc3N2C1(C)C. The lowest BCUT2D eigenvalue weighted by Gasteiger charge is -2.45. The van der Waals surface area contributed by atoms with Crippen molar-refractivity contribution in [3.8, 4) is 11.1 Å². The van der Waals surface area contributed by atoms with Crippen LogP contribution in [0.2, 0.25) is 0 Å². The Morgan fingerprint density at radius 2 is 1.48 bits per heavy atom. The molecule has 0 spiro atoms. The number of hydrogen-bond acceptors (Lipinski definition) is 2. The topological polar surface area (TPSA) is 15.3 Å². The van der Waals surface area contributed by atoms with Crippen LogP contribution in [0.4, 0.5) is 5.69 Å². The summed E-state index contributed by atoms with van der Waals surface area (Å²) < 4.78 is 0. The van der Waals surface area contributed by atoms with E-state index in [0.717, 1.165) is 0 Å². The summed E-state index contributed by atoms with van der Waals surface area (Å²) in [6.07, 6.45) is 0. The summed E-state index contributed by atoms with van der Waals surface area (Å²) in [7, 11) is 0. The Balaban J connectivity index is 2.04. The Kier molecular flexibility index (Phi) is 2.42. The van der Waals surface area contributed by atoms with E-state index in [1.807, 2.05) is 0 Å². The molecule has 3 heteroatoms. The van der Waals surface area contributed by atoms with Crippen molar-refractivity contribution < 1.29 is 0 Å². The highest BCUT2D eigenvalue weighted by Crippen LogP contribution is 2.45. The minimum atomic E-state index is 0.0430. The van der Waals surface area contributed by atoms with Gasteiger partial charge < -0.3 is 10.0 Å². The van der Waals surface area contributed by atoms with Crippen molar-refractivity contribution in [3.05, 3.63) is 48.5 Å². The number of nitrogens with zero attached hydrogens (tertiary/aromatic N) is 1. The molecule has 1 N–H and O–H groups in total. The second kappa shape index (κ2) is 3.92. The number of rotatable bonds is 0. The number of benzene rings is 2. The fraction of sp³-hybridized carbons (Fsp3) is 0.333. The van der Waals surface area contributed by atoms with E-state index in [1.54, 1.807) is 0 Å². The molecule has 2 aromatic carbocycles. The van der Waals surface area contributed by atoms with Crippen molar-refractivity contribution in [3.63, 3.8) is 0 Å². The Bertz CT molecular complexity index is 721. The summed E-state index contributed by atoms with van der Waals surface area (Å²) in [4.78, 5) is 2.56. The molecule has 1 saturated heterocycles. The van der Waals surface area contributed by atoms with E-state index in [1.165, 1.54) is 22.3 Å². The van der Waals surface area contributed by atoms with Gasteiger partial charge in [-0.1, -0.05) is 42.5 Å². The first-order valence-electron chi connectivity index (χ1n) is 7.69. The highest BCUT2D eigenvalue weighted by molar-refractivity contribution is 6.78. The zero-order valence-electron chi connectivity index (χ0n) is 13.1. The molecule has 0 amide bonds. The molecule has 0 aromatic heterocycles. The van der Waals surface area contributed by atoms with Crippen LogP contribution < -0.4 is 15.5 Å². The third-order valence-electron chi connectivity index (χ3n) is 5.60. The summed E-state index contributed by atoms with van der Waals surface area (Å²) in [5.74, 6) is 0. The van der Waals surface area contributed by atoms with Crippen LogP contribution in [0.15, 0.2) is 48.5 Å². The van der Waals surface area contributed by atoms with Gasteiger partial charge in [0.25, 0.3) is 0 Å². The third kappa shape index (κ3) is 1.53. The van der Waals surface area contributed by atoms with Crippen molar-refractivity contribution >= 4 is 18.1 Å². The second-order valence-corrected chi connectivity index (χ2v) is 7.21. The van der Waals surface area contributed by atoms with Crippen molar-refractivity contribution in [2.24, 2.45) is 0 Å². The van der Waals surface area contributed by atoms with Gasteiger partial charge >= 0.3 is 6.98 Å². The van der Waals surface area contributed by atoms with Crippen LogP contribution >= 0.6 is 0 Å². The molecule has 106 valence electrons. The highest BCUT2D eigenvalue weighted by Gasteiger charge is 2.56. The van der Waals surface area contributed by atoms with Crippen molar-refractivity contribution in [1.82, 2.24) is 5.23 Å². The average Bonchev–Trinajstić information content (AvgIpc) is 2.65. The molecule has 2 aliphatic heterocycles. The standard InChI is InChI=1S/C18H21BN2/c1-17(2)18(3,4)21-16-12-8-6-10-14(16)13-9-5-7-11-15(13)19(21)20-17/h5-12,20H,1-4H3. The molecule has 2 heterocycles. The van der Waals surface area contributed by atoms with Gasteiger partial charge in [-0.25, -0.2) is 0 Å². The Labute approximate surface area is 127 Å². The molecule has 0 saturated carbocycles. The predicted octanol–water partition coefficient (Wildman–Crippen LogP) is 3.03. The summed E-state index contributed by atoms with van der Waals surface area (Å²) in [5.41, 5.74) is 5.51. The van der Waals surface area contributed by atoms with Crippen LogP contribution in [0.25, 0.3) is 11.1 Å². The van der Waals surface area contributed by atoms with Crippen LogP contribution in [0, 0.1) is 0 Å². The summed E-state index contributed by atoms with van der Waals surface area (Å²) in [6.45, 7) is 9.53. The first-order valence-corrected chi connectivity index (χ1v) is 7.69. The van der Waals surface area contributed by atoms with Gasteiger partial charge in [-0.05, 0) is 44.8 Å². The Morgan fingerprint density at radius 1 is 0.857 bits per heavy atom. The lowest BCUT2D eigenvalue weighted by atomic mass is 9.61. The molecule has 2 aromatic rings. The molecule has 0 unspecified atom stereocenters. The van der Waals surface area contributed by atoms with E-state index < -0.39 is 0 Å². The van der Waals surface area contributed by atoms with Gasteiger partial charge in [0.2, 0.25) is 0 Å². The van der Waals surface area contributed by atoms with E-state index in [2.05, 4.69) is 86.3 Å². The van der Waals surface area contributed by atoms with E-state index in [0.29, 0.717) is 0 Å². The second-order valence-electron chi connectivity index (χ2n) is 7.21. The first-order chi connectivity index (χ1) is 9.93. The van der Waals surface area contributed by atoms with Crippen molar-refractivity contribution in [1.29, 1.82) is 0 Å². The number of para-hydroxylation sites is 1. The van der Waals surface area contributed by atoms with E-state index in [-0.39, 0.29) is 18.1 Å². The van der Waals surface area contributed by atoms with Crippen LogP contribution in [0.3, 0.4) is 0 Å². The fourth-order valence-corrected chi connectivity index (χ4v) is 3.76. The van der Waals surface area contributed by atoms with Crippen molar-refractivity contribution in [2.75, 3.05) is 4.81 Å². The molecule has 21 heavy (non-hydrogen) atoms.